The average Bonchev–Trinajstić information content (AvgIpc) is 2.76. The molecule has 1 unspecified atom stereocenters. The minimum atomic E-state index is -3.55. The van der Waals surface area contributed by atoms with E-state index < -0.39 is 10.0 Å². The normalized spacial score (nSPS) is 14.7. The highest BCUT2D eigenvalue weighted by Crippen LogP contribution is 2.26. The van der Waals surface area contributed by atoms with Gasteiger partial charge in [0.1, 0.15) is 5.75 Å². The number of carbonyl (C=O) groups excluding carboxylic acids is 1. The Morgan fingerprint density at radius 3 is 2.48 bits per heavy atom. The summed E-state index contributed by atoms with van der Waals surface area (Å²) in [4.78, 5) is 12.8. The Hall–Kier alpha value is -2.38. The predicted molar refractivity (Wildman–Crippen MR) is 122 cm³/mol. The Morgan fingerprint density at radius 1 is 1.10 bits per heavy atom. The maximum absolute atomic E-state index is 12.6. The van der Waals surface area contributed by atoms with Crippen molar-refractivity contribution in [3.8, 4) is 5.75 Å². The Labute approximate surface area is 185 Å². The monoisotopic (exact) mass is 444 g/mol. The van der Waals surface area contributed by atoms with Crippen molar-refractivity contribution in [2.75, 3.05) is 21.2 Å². The van der Waals surface area contributed by atoms with Crippen molar-refractivity contribution in [2.24, 2.45) is 0 Å². The lowest BCUT2D eigenvalue weighted by atomic mass is 9.89. The number of fused-ring (bicyclic) bond motifs is 1. The molecule has 0 aromatic heterocycles. The standard InChI is InChI=1S/C24H32N2O4S/c1-17(19-10-9-18-7-5-6-8-20(18)15-19)25-24(27)14-11-21-16-22(12-13-23(21)30-4)31(28,29)26(2)3/h9-10,12-13,15-17H,5-8,11,14H2,1-4H3,(H,25,27). The Morgan fingerprint density at radius 2 is 1.81 bits per heavy atom. The maximum Gasteiger partial charge on any atom is 0.242 e. The zero-order valence-corrected chi connectivity index (χ0v) is 19.6. The van der Waals surface area contributed by atoms with E-state index >= 15 is 0 Å². The lowest BCUT2D eigenvalue weighted by Crippen LogP contribution is -2.27. The quantitative estimate of drug-likeness (QED) is 0.675. The highest BCUT2D eigenvalue weighted by molar-refractivity contribution is 7.89. The number of benzene rings is 2. The van der Waals surface area contributed by atoms with Crippen LogP contribution in [-0.4, -0.2) is 39.8 Å². The molecule has 2 aromatic carbocycles. The summed E-state index contributed by atoms with van der Waals surface area (Å²) in [7, 11) is 0.980. The number of ether oxygens (including phenoxy) is 1. The van der Waals surface area contributed by atoms with Gasteiger partial charge in [0, 0.05) is 20.5 Å². The van der Waals surface area contributed by atoms with E-state index in [2.05, 4.69) is 23.5 Å². The van der Waals surface area contributed by atoms with Crippen molar-refractivity contribution < 1.29 is 17.9 Å². The van der Waals surface area contributed by atoms with Crippen LogP contribution in [0, 0.1) is 0 Å². The summed E-state index contributed by atoms with van der Waals surface area (Å²) < 4.78 is 31.4. The molecule has 0 aliphatic heterocycles. The highest BCUT2D eigenvalue weighted by atomic mass is 32.2. The Kier molecular flexibility index (Phi) is 7.38. The number of sulfonamides is 1. The average molecular weight is 445 g/mol. The molecule has 1 amide bonds. The largest absolute Gasteiger partial charge is 0.496 e. The summed E-state index contributed by atoms with van der Waals surface area (Å²) in [5, 5.41) is 3.07. The van der Waals surface area contributed by atoms with Gasteiger partial charge in [0.15, 0.2) is 0 Å². The van der Waals surface area contributed by atoms with E-state index in [9.17, 15) is 13.2 Å². The first-order valence-corrected chi connectivity index (χ1v) is 12.2. The molecular formula is C24H32N2O4S. The topological polar surface area (TPSA) is 75.7 Å². The molecular weight excluding hydrogens is 412 g/mol. The predicted octanol–water partition coefficient (Wildman–Crippen LogP) is 3.63. The number of carbonyl (C=O) groups is 1. The smallest absolute Gasteiger partial charge is 0.242 e. The molecule has 0 saturated carbocycles. The van der Waals surface area contributed by atoms with E-state index in [0.717, 1.165) is 18.4 Å². The van der Waals surface area contributed by atoms with Crippen molar-refractivity contribution in [1.29, 1.82) is 0 Å². The van der Waals surface area contributed by atoms with E-state index in [4.69, 9.17) is 4.74 Å². The third-order valence-corrected chi connectivity index (χ3v) is 7.71. The third kappa shape index (κ3) is 5.46. The molecule has 31 heavy (non-hydrogen) atoms. The molecule has 0 bridgehead atoms. The molecule has 1 atom stereocenters. The second-order valence-electron chi connectivity index (χ2n) is 8.29. The van der Waals surface area contributed by atoms with Gasteiger partial charge in [-0.1, -0.05) is 18.2 Å². The minimum absolute atomic E-state index is 0.0758. The number of hydrogen-bond donors (Lipinski definition) is 1. The minimum Gasteiger partial charge on any atom is -0.496 e. The van der Waals surface area contributed by atoms with Gasteiger partial charge in [-0.25, -0.2) is 12.7 Å². The first-order chi connectivity index (χ1) is 14.7. The molecule has 0 radical (unpaired) electrons. The second-order valence-corrected chi connectivity index (χ2v) is 10.4. The summed E-state index contributed by atoms with van der Waals surface area (Å²) in [6, 6.07) is 11.2. The van der Waals surface area contributed by atoms with Gasteiger partial charge in [-0.05, 0) is 79.5 Å². The number of amides is 1. The van der Waals surface area contributed by atoms with Crippen molar-refractivity contribution >= 4 is 15.9 Å². The molecule has 0 saturated heterocycles. The Bertz CT molecular complexity index is 1050. The van der Waals surface area contributed by atoms with E-state index in [1.807, 2.05) is 6.92 Å². The second kappa shape index (κ2) is 9.83. The molecule has 7 heteroatoms. The van der Waals surface area contributed by atoms with E-state index in [0.29, 0.717) is 17.7 Å². The molecule has 1 aliphatic rings. The SMILES string of the molecule is COc1ccc(S(=O)(=O)N(C)C)cc1CCC(=O)NC(C)c1ccc2c(c1)CCCC2. The van der Waals surface area contributed by atoms with Crippen LogP contribution in [0.2, 0.25) is 0 Å². The van der Waals surface area contributed by atoms with Crippen LogP contribution in [0.3, 0.4) is 0 Å². The third-order valence-electron chi connectivity index (χ3n) is 5.90. The van der Waals surface area contributed by atoms with Gasteiger partial charge >= 0.3 is 0 Å². The van der Waals surface area contributed by atoms with Crippen LogP contribution in [0.4, 0.5) is 0 Å². The summed E-state index contributed by atoms with van der Waals surface area (Å²) in [6.45, 7) is 1.99. The molecule has 0 heterocycles. The summed E-state index contributed by atoms with van der Waals surface area (Å²) in [5.74, 6) is 0.501. The van der Waals surface area contributed by atoms with E-state index in [-0.39, 0.29) is 23.3 Å². The molecule has 168 valence electrons. The van der Waals surface area contributed by atoms with Gasteiger partial charge in [-0.2, -0.15) is 0 Å². The van der Waals surface area contributed by atoms with Crippen molar-refractivity contribution in [1.82, 2.24) is 9.62 Å². The summed E-state index contributed by atoms with van der Waals surface area (Å²) >= 11 is 0. The Balaban J connectivity index is 1.66. The highest BCUT2D eigenvalue weighted by Gasteiger charge is 2.20. The van der Waals surface area contributed by atoms with E-state index in [1.165, 1.54) is 55.5 Å². The van der Waals surface area contributed by atoms with Crippen LogP contribution in [0.5, 0.6) is 5.75 Å². The molecule has 0 spiro atoms. The molecule has 0 fully saturated rings. The van der Waals surface area contributed by atoms with Gasteiger partial charge in [0.05, 0.1) is 18.0 Å². The van der Waals surface area contributed by atoms with Crippen molar-refractivity contribution in [2.45, 2.75) is 56.4 Å². The van der Waals surface area contributed by atoms with E-state index in [1.54, 1.807) is 12.1 Å². The number of aryl methyl sites for hydroxylation is 3. The molecule has 6 nitrogen and oxygen atoms in total. The summed E-state index contributed by atoms with van der Waals surface area (Å²) in [6.07, 6.45) is 5.36. The van der Waals surface area contributed by atoms with Crippen molar-refractivity contribution in [3.05, 3.63) is 58.7 Å². The molecule has 2 aromatic rings. The number of nitrogens with one attached hydrogen (secondary N) is 1. The fourth-order valence-corrected chi connectivity index (χ4v) is 4.94. The number of rotatable bonds is 8. The van der Waals surface area contributed by atoms with Crippen LogP contribution in [-0.2, 0) is 34.1 Å². The zero-order valence-electron chi connectivity index (χ0n) is 18.8. The fraction of sp³-hybridized carbons (Fsp3) is 0.458. The number of methoxy groups -OCH3 is 1. The fourth-order valence-electron chi connectivity index (χ4n) is 3.99. The number of hydrogen-bond acceptors (Lipinski definition) is 4. The van der Waals surface area contributed by atoms with Gasteiger partial charge in [0.2, 0.25) is 15.9 Å². The van der Waals surface area contributed by atoms with Crippen LogP contribution < -0.4 is 10.1 Å². The van der Waals surface area contributed by atoms with Gasteiger partial charge in [0.25, 0.3) is 0 Å². The zero-order chi connectivity index (χ0) is 22.6. The summed E-state index contributed by atoms with van der Waals surface area (Å²) in [5.41, 5.74) is 4.63. The van der Waals surface area contributed by atoms with Crippen LogP contribution in [0.25, 0.3) is 0 Å². The lowest BCUT2D eigenvalue weighted by molar-refractivity contribution is -0.121. The number of nitrogens with zero attached hydrogens (tertiary/aromatic N) is 1. The van der Waals surface area contributed by atoms with Crippen molar-refractivity contribution in [3.63, 3.8) is 0 Å². The van der Waals surface area contributed by atoms with Crippen LogP contribution in [0.15, 0.2) is 41.3 Å². The van der Waals surface area contributed by atoms with Gasteiger partial charge in [-0.15, -0.1) is 0 Å². The molecule has 1 N–H and O–H groups in total. The van der Waals surface area contributed by atoms with Crippen LogP contribution in [0.1, 0.15) is 54.5 Å². The molecule has 1 aliphatic carbocycles. The first-order valence-electron chi connectivity index (χ1n) is 10.7. The molecule has 3 rings (SSSR count). The van der Waals surface area contributed by atoms with Crippen LogP contribution >= 0.6 is 0 Å². The van der Waals surface area contributed by atoms with Gasteiger partial charge < -0.3 is 10.1 Å². The lowest BCUT2D eigenvalue weighted by Gasteiger charge is -2.20. The van der Waals surface area contributed by atoms with Gasteiger partial charge in [-0.3, -0.25) is 4.79 Å². The maximum atomic E-state index is 12.6. The first kappa shape index (κ1) is 23.3.